The van der Waals surface area contributed by atoms with Crippen LogP contribution in [0.2, 0.25) is 5.02 Å². The Kier molecular flexibility index (Phi) is 2.71. The van der Waals surface area contributed by atoms with Crippen LogP contribution in [-0.2, 0) is 7.05 Å². The van der Waals surface area contributed by atoms with Crippen LogP contribution in [0.4, 0.5) is 0 Å². The second-order valence-corrected chi connectivity index (χ2v) is 5.63. The molecule has 0 radical (unpaired) electrons. The van der Waals surface area contributed by atoms with Gasteiger partial charge in [0.2, 0.25) is 0 Å². The Bertz CT molecular complexity index is 1110. The Balaban J connectivity index is 2.47. The largest absolute Gasteiger partial charge is 0.413 e. The first-order chi connectivity index (χ1) is 10.6. The van der Waals surface area contributed by atoms with Crippen LogP contribution in [0.1, 0.15) is 0 Å². The molecule has 4 rings (SSSR count). The molecule has 0 bridgehead atoms. The minimum atomic E-state index is -0.177. The average Bonchev–Trinajstić information content (AvgIpc) is 2.83. The Morgan fingerprint density at radius 1 is 1.00 bits per heavy atom. The van der Waals surface area contributed by atoms with Crippen LogP contribution < -0.4 is 10.4 Å². The van der Waals surface area contributed by atoms with E-state index in [9.17, 15) is 4.79 Å². The summed E-state index contributed by atoms with van der Waals surface area (Å²) in [5.41, 5.74) is 2.29. The minimum Gasteiger partial charge on any atom is -0.413 e. The first kappa shape index (κ1) is 13.2. The highest BCUT2D eigenvalue weighted by molar-refractivity contribution is 6.36. The predicted octanol–water partition coefficient (Wildman–Crippen LogP) is 3.36. The number of aryl methyl sites for hydroxylation is 1. The van der Waals surface area contributed by atoms with Gasteiger partial charge in [-0.3, -0.25) is 4.79 Å². The monoisotopic (exact) mass is 312 g/mol. The highest BCUT2D eigenvalue weighted by Crippen LogP contribution is 2.34. The van der Waals surface area contributed by atoms with Crippen molar-refractivity contribution in [3.05, 3.63) is 57.8 Å². The average molecular weight is 313 g/mol. The molecule has 4 aromatic rings. The molecule has 0 aliphatic rings. The number of fused-ring (bicyclic) bond motifs is 5. The van der Waals surface area contributed by atoms with Crippen molar-refractivity contribution in [1.82, 2.24) is 9.30 Å². The van der Waals surface area contributed by atoms with Gasteiger partial charge in [-0.15, -0.1) is 4.73 Å². The maximum absolute atomic E-state index is 12.9. The van der Waals surface area contributed by atoms with E-state index < -0.39 is 0 Å². The van der Waals surface area contributed by atoms with E-state index in [1.54, 1.807) is 0 Å². The van der Waals surface area contributed by atoms with Crippen LogP contribution in [0.25, 0.3) is 32.7 Å². The third-order valence-corrected chi connectivity index (χ3v) is 4.43. The van der Waals surface area contributed by atoms with Crippen LogP contribution in [-0.4, -0.2) is 16.4 Å². The molecule has 110 valence electrons. The normalized spacial score (nSPS) is 11.6. The van der Waals surface area contributed by atoms with Gasteiger partial charge in [0, 0.05) is 17.8 Å². The van der Waals surface area contributed by atoms with Gasteiger partial charge in [0.1, 0.15) is 7.11 Å². The van der Waals surface area contributed by atoms with E-state index in [0.29, 0.717) is 10.4 Å². The van der Waals surface area contributed by atoms with E-state index in [-0.39, 0.29) is 5.56 Å². The fourth-order valence-electron chi connectivity index (χ4n) is 3.24. The summed E-state index contributed by atoms with van der Waals surface area (Å²) >= 11 is 6.35. The molecule has 0 N–H and O–H groups in total. The van der Waals surface area contributed by atoms with Gasteiger partial charge < -0.3 is 9.40 Å². The summed E-state index contributed by atoms with van der Waals surface area (Å²) in [5, 5.41) is 3.05. The second kappa shape index (κ2) is 4.52. The first-order valence-corrected chi connectivity index (χ1v) is 7.27. The summed E-state index contributed by atoms with van der Waals surface area (Å²) < 4.78 is 3.31. The summed E-state index contributed by atoms with van der Waals surface area (Å²) in [5.74, 6) is 0. The molecule has 0 fully saturated rings. The van der Waals surface area contributed by atoms with Crippen molar-refractivity contribution in [3.63, 3.8) is 0 Å². The lowest BCUT2D eigenvalue weighted by Gasteiger charge is -2.10. The standard InChI is InChI=1S/C17H13ClN2O2/c1-19-15-11(7-5-8-12(15)18)14-16(19)10-6-3-4-9-13(10)20(22-2)17(14)21/h3-9H,1-2H3. The number of benzene rings is 2. The Morgan fingerprint density at radius 3 is 2.50 bits per heavy atom. The summed E-state index contributed by atoms with van der Waals surface area (Å²) in [6, 6.07) is 13.3. The molecule has 0 aliphatic heterocycles. The van der Waals surface area contributed by atoms with Gasteiger partial charge in [-0.05, 0) is 12.1 Å². The number of nitrogens with zero attached hydrogens (tertiary/aromatic N) is 2. The molecule has 2 heterocycles. The maximum Gasteiger partial charge on any atom is 0.293 e. The Morgan fingerprint density at radius 2 is 1.73 bits per heavy atom. The van der Waals surface area contributed by atoms with Crippen LogP contribution in [0, 0.1) is 0 Å². The smallest absolute Gasteiger partial charge is 0.293 e. The van der Waals surface area contributed by atoms with E-state index in [2.05, 4.69) is 0 Å². The number of pyridine rings is 1. The third kappa shape index (κ3) is 1.50. The van der Waals surface area contributed by atoms with Crippen molar-refractivity contribution in [1.29, 1.82) is 0 Å². The molecule has 22 heavy (non-hydrogen) atoms. The van der Waals surface area contributed by atoms with Gasteiger partial charge >= 0.3 is 0 Å². The Hall–Kier alpha value is -2.46. The SMILES string of the molecule is COn1c(=O)c2c3cccc(Cl)c3n(C)c2c2ccccc21. The van der Waals surface area contributed by atoms with E-state index in [4.69, 9.17) is 16.4 Å². The number of hydrogen-bond donors (Lipinski definition) is 0. The van der Waals surface area contributed by atoms with Gasteiger partial charge in [0.25, 0.3) is 5.56 Å². The number of rotatable bonds is 1. The summed E-state index contributed by atoms with van der Waals surface area (Å²) in [7, 11) is 3.43. The van der Waals surface area contributed by atoms with Crippen molar-refractivity contribution in [3.8, 4) is 0 Å². The zero-order chi connectivity index (χ0) is 15.4. The number of para-hydroxylation sites is 2. The lowest BCUT2D eigenvalue weighted by atomic mass is 10.1. The fourth-order valence-corrected chi connectivity index (χ4v) is 3.54. The minimum absolute atomic E-state index is 0.177. The zero-order valence-electron chi connectivity index (χ0n) is 12.1. The molecule has 0 saturated heterocycles. The highest BCUT2D eigenvalue weighted by Gasteiger charge is 2.19. The molecule has 0 aliphatic carbocycles. The highest BCUT2D eigenvalue weighted by atomic mass is 35.5. The molecule has 4 nitrogen and oxygen atoms in total. The number of halogens is 1. The second-order valence-electron chi connectivity index (χ2n) is 5.22. The fraction of sp³-hybridized carbons (Fsp3) is 0.118. The van der Waals surface area contributed by atoms with Crippen LogP contribution >= 0.6 is 11.6 Å². The van der Waals surface area contributed by atoms with Crippen molar-refractivity contribution >= 4 is 44.3 Å². The molecule has 2 aromatic heterocycles. The van der Waals surface area contributed by atoms with E-state index in [1.807, 2.05) is 54.1 Å². The topological polar surface area (TPSA) is 36.2 Å². The van der Waals surface area contributed by atoms with Crippen LogP contribution in [0.5, 0.6) is 0 Å². The third-order valence-electron chi connectivity index (χ3n) is 4.12. The Labute approximate surface area is 131 Å². The van der Waals surface area contributed by atoms with Crippen LogP contribution in [0.3, 0.4) is 0 Å². The summed E-state index contributed by atoms with van der Waals surface area (Å²) in [6.45, 7) is 0. The van der Waals surface area contributed by atoms with Gasteiger partial charge in [-0.1, -0.05) is 41.9 Å². The van der Waals surface area contributed by atoms with E-state index in [0.717, 1.165) is 27.3 Å². The quantitative estimate of drug-likeness (QED) is 0.540. The molecule has 0 saturated carbocycles. The summed E-state index contributed by atoms with van der Waals surface area (Å²) in [6.07, 6.45) is 0. The molecule has 0 unspecified atom stereocenters. The lowest BCUT2D eigenvalue weighted by molar-refractivity contribution is 0.170. The van der Waals surface area contributed by atoms with E-state index in [1.165, 1.54) is 11.8 Å². The van der Waals surface area contributed by atoms with E-state index >= 15 is 0 Å². The number of hydrogen-bond acceptors (Lipinski definition) is 2. The van der Waals surface area contributed by atoms with Gasteiger partial charge in [-0.2, -0.15) is 0 Å². The molecule has 5 heteroatoms. The van der Waals surface area contributed by atoms with Crippen molar-refractivity contribution in [2.24, 2.45) is 7.05 Å². The molecule has 2 aromatic carbocycles. The van der Waals surface area contributed by atoms with Crippen LogP contribution in [0.15, 0.2) is 47.3 Å². The lowest BCUT2D eigenvalue weighted by Crippen LogP contribution is -2.25. The molecular formula is C17H13ClN2O2. The molecule has 0 spiro atoms. The van der Waals surface area contributed by atoms with Gasteiger partial charge in [0.05, 0.1) is 27.0 Å². The van der Waals surface area contributed by atoms with Crippen molar-refractivity contribution in [2.75, 3.05) is 7.11 Å². The van der Waals surface area contributed by atoms with Gasteiger partial charge in [-0.25, -0.2) is 0 Å². The maximum atomic E-state index is 12.9. The molecule has 0 amide bonds. The first-order valence-electron chi connectivity index (χ1n) is 6.90. The van der Waals surface area contributed by atoms with Gasteiger partial charge in [0.15, 0.2) is 0 Å². The molecule has 0 atom stereocenters. The zero-order valence-corrected chi connectivity index (χ0v) is 12.9. The van der Waals surface area contributed by atoms with Crippen molar-refractivity contribution in [2.45, 2.75) is 0 Å². The number of aromatic nitrogens is 2. The predicted molar refractivity (Wildman–Crippen MR) is 89.7 cm³/mol. The molecular weight excluding hydrogens is 300 g/mol. The summed E-state index contributed by atoms with van der Waals surface area (Å²) in [4.78, 5) is 18.2. The van der Waals surface area contributed by atoms with Crippen molar-refractivity contribution < 1.29 is 4.84 Å².